The Balaban J connectivity index is 2.24. The number of carbonyl (C=O) groups is 1. The number of pyridine rings is 1. The molecule has 0 fully saturated rings. The largest absolute Gasteiger partial charge is 0.490 e. The third-order valence-corrected chi connectivity index (χ3v) is 2.56. The van der Waals surface area contributed by atoms with Crippen molar-refractivity contribution in [2.75, 3.05) is 12.4 Å². The lowest BCUT2D eigenvalue weighted by Gasteiger charge is -2.07. The van der Waals surface area contributed by atoms with E-state index in [4.69, 9.17) is 4.74 Å². The predicted molar refractivity (Wildman–Crippen MR) is 71.8 cm³/mol. The van der Waals surface area contributed by atoms with Gasteiger partial charge in [-0.2, -0.15) is 0 Å². The molecule has 2 aromatic rings. The van der Waals surface area contributed by atoms with Crippen molar-refractivity contribution in [2.24, 2.45) is 0 Å². The van der Waals surface area contributed by atoms with E-state index in [1.54, 1.807) is 18.3 Å². The van der Waals surface area contributed by atoms with Crippen LogP contribution in [0.25, 0.3) is 0 Å². The van der Waals surface area contributed by atoms with Crippen molar-refractivity contribution in [3.8, 4) is 5.75 Å². The van der Waals surface area contributed by atoms with Crippen LogP contribution in [0.2, 0.25) is 0 Å². The minimum atomic E-state index is -0.571. The molecule has 0 saturated heterocycles. The monoisotopic (exact) mass is 273 g/mol. The van der Waals surface area contributed by atoms with E-state index in [-0.39, 0.29) is 11.4 Å². The highest BCUT2D eigenvalue weighted by Gasteiger charge is 2.16. The summed E-state index contributed by atoms with van der Waals surface area (Å²) in [6.07, 6.45) is 2.96. The molecule has 0 saturated carbocycles. The van der Waals surface area contributed by atoms with Crippen molar-refractivity contribution in [1.29, 1.82) is 0 Å². The number of nitrogens with zero attached hydrogens (tertiary/aromatic N) is 2. The van der Waals surface area contributed by atoms with E-state index in [9.17, 15) is 14.9 Å². The number of methoxy groups -OCH3 is 1. The molecule has 0 bridgehead atoms. The maximum Gasteiger partial charge on any atom is 0.312 e. The minimum absolute atomic E-state index is 0.134. The summed E-state index contributed by atoms with van der Waals surface area (Å²) in [6.45, 7) is 0. The Morgan fingerprint density at radius 1 is 1.40 bits per heavy atom. The molecular formula is C13H11N3O4. The zero-order valence-corrected chi connectivity index (χ0v) is 10.6. The lowest BCUT2D eigenvalue weighted by molar-refractivity contribution is -0.385. The fraction of sp³-hybridized carbons (Fsp3) is 0.0769. The molecule has 2 rings (SSSR count). The first kappa shape index (κ1) is 13.5. The molecule has 7 nitrogen and oxygen atoms in total. The molecule has 102 valence electrons. The molecule has 0 aliphatic heterocycles. The van der Waals surface area contributed by atoms with E-state index in [0.29, 0.717) is 11.3 Å². The number of hydrogen-bond acceptors (Lipinski definition) is 5. The van der Waals surface area contributed by atoms with Crippen molar-refractivity contribution in [1.82, 2.24) is 4.98 Å². The summed E-state index contributed by atoms with van der Waals surface area (Å²) >= 11 is 0. The van der Waals surface area contributed by atoms with Gasteiger partial charge >= 0.3 is 5.69 Å². The number of anilines is 1. The zero-order valence-electron chi connectivity index (χ0n) is 10.6. The van der Waals surface area contributed by atoms with E-state index in [2.05, 4.69) is 10.3 Å². The van der Waals surface area contributed by atoms with Gasteiger partial charge in [0.1, 0.15) is 0 Å². The van der Waals surface area contributed by atoms with Crippen LogP contribution in [0.4, 0.5) is 11.4 Å². The Morgan fingerprint density at radius 3 is 2.80 bits per heavy atom. The Morgan fingerprint density at radius 2 is 2.20 bits per heavy atom. The molecule has 1 aromatic carbocycles. The molecule has 0 aliphatic carbocycles. The van der Waals surface area contributed by atoms with Crippen molar-refractivity contribution in [2.45, 2.75) is 0 Å². The number of benzene rings is 1. The van der Waals surface area contributed by atoms with Crippen LogP contribution in [0.15, 0.2) is 42.7 Å². The lowest BCUT2D eigenvalue weighted by Crippen LogP contribution is -2.12. The summed E-state index contributed by atoms with van der Waals surface area (Å²) in [5.74, 6) is -0.257. The highest BCUT2D eigenvalue weighted by atomic mass is 16.6. The first-order valence-corrected chi connectivity index (χ1v) is 5.65. The molecule has 7 heteroatoms. The second kappa shape index (κ2) is 5.79. The van der Waals surface area contributed by atoms with Gasteiger partial charge in [0.05, 0.1) is 17.6 Å². The third-order valence-electron chi connectivity index (χ3n) is 2.56. The highest BCUT2D eigenvalue weighted by Crippen LogP contribution is 2.29. The second-order valence-corrected chi connectivity index (χ2v) is 3.84. The number of nitro groups is 1. The van der Waals surface area contributed by atoms with Gasteiger partial charge in [-0.15, -0.1) is 0 Å². The molecule has 0 atom stereocenters. The normalized spacial score (nSPS) is 9.85. The number of nitrogens with one attached hydrogen (secondary N) is 1. The van der Waals surface area contributed by atoms with Crippen molar-refractivity contribution in [3.05, 3.63) is 58.4 Å². The molecule has 1 N–H and O–H groups in total. The van der Waals surface area contributed by atoms with Crippen molar-refractivity contribution >= 4 is 17.3 Å². The van der Waals surface area contributed by atoms with Crippen LogP contribution in [-0.2, 0) is 0 Å². The summed E-state index contributed by atoms with van der Waals surface area (Å²) in [7, 11) is 1.34. The average molecular weight is 273 g/mol. The predicted octanol–water partition coefficient (Wildman–Crippen LogP) is 2.25. The molecule has 0 unspecified atom stereocenters. The fourth-order valence-electron chi connectivity index (χ4n) is 1.61. The van der Waals surface area contributed by atoms with Crippen LogP contribution in [0.3, 0.4) is 0 Å². The van der Waals surface area contributed by atoms with Gasteiger partial charge in [-0.3, -0.25) is 19.9 Å². The van der Waals surface area contributed by atoms with Crippen LogP contribution < -0.4 is 10.1 Å². The molecule has 1 amide bonds. The Labute approximate surface area is 114 Å². The Bertz CT molecular complexity index is 643. The molecule has 20 heavy (non-hydrogen) atoms. The maximum absolute atomic E-state index is 11.9. The molecule has 0 radical (unpaired) electrons. The van der Waals surface area contributed by atoms with Crippen molar-refractivity contribution in [3.63, 3.8) is 0 Å². The van der Waals surface area contributed by atoms with Gasteiger partial charge in [0.2, 0.25) is 0 Å². The number of rotatable bonds is 4. The van der Waals surface area contributed by atoms with Gasteiger partial charge in [0, 0.05) is 24.1 Å². The average Bonchev–Trinajstić information content (AvgIpc) is 2.48. The molecule has 0 spiro atoms. The summed E-state index contributed by atoms with van der Waals surface area (Å²) < 4.78 is 4.89. The first-order valence-electron chi connectivity index (χ1n) is 5.65. The standard InChI is InChI=1S/C13H11N3O4/c1-20-12-5-4-10(7-11(12)16(18)19)15-13(17)9-3-2-6-14-8-9/h2-8H,1H3,(H,15,17). The van der Waals surface area contributed by atoms with E-state index in [1.807, 2.05) is 0 Å². The quantitative estimate of drug-likeness (QED) is 0.681. The van der Waals surface area contributed by atoms with Crippen LogP contribution in [0.1, 0.15) is 10.4 Å². The number of hydrogen-bond donors (Lipinski definition) is 1. The van der Waals surface area contributed by atoms with Gasteiger partial charge in [-0.1, -0.05) is 0 Å². The van der Waals surface area contributed by atoms with Gasteiger partial charge in [0.15, 0.2) is 5.75 Å². The summed E-state index contributed by atoms with van der Waals surface area (Å²) in [5, 5.41) is 13.5. The third kappa shape index (κ3) is 2.89. The Hall–Kier alpha value is -2.96. The lowest BCUT2D eigenvalue weighted by atomic mass is 10.2. The van der Waals surface area contributed by atoms with Crippen molar-refractivity contribution < 1.29 is 14.5 Å². The highest BCUT2D eigenvalue weighted by molar-refractivity contribution is 6.04. The van der Waals surface area contributed by atoms with Gasteiger partial charge < -0.3 is 10.1 Å². The number of ether oxygens (including phenoxy) is 1. The van der Waals surface area contributed by atoms with Crippen LogP contribution >= 0.6 is 0 Å². The van der Waals surface area contributed by atoms with Crippen LogP contribution in [0.5, 0.6) is 5.75 Å². The number of nitro benzene ring substituents is 1. The maximum atomic E-state index is 11.9. The van der Waals surface area contributed by atoms with E-state index in [1.165, 1.54) is 31.5 Å². The van der Waals surface area contributed by atoms with Gasteiger partial charge in [-0.25, -0.2) is 0 Å². The minimum Gasteiger partial charge on any atom is -0.490 e. The topological polar surface area (TPSA) is 94.4 Å². The molecule has 1 aromatic heterocycles. The van der Waals surface area contributed by atoms with Crippen LogP contribution in [0, 0.1) is 10.1 Å². The van der Waals surface area contributed by atoms with E-state index in [0.717, 1.165) is 0 Å². The molecule has 1 heterocycles. The van der Waals surface area contributed by atoms with E-state index >= 15 is 0 Å². The molecular weight excluding hydrogens is 262 g/mol. The summed E-state index contributed by atoms with van der Waals surface area (Å²) in [6, 6.07) is 7.43. The SMILES string of the molecule is COc1ccc(NC(=O)c2cccnc2)cc1[N+](=O)[O-]. The Kier molecular flexibility index (Phi) is 3.90. The summed E-state index contributed by atoms with van der Waals surface area (Å²) in [4.78, 5) is 26.0. The second-order valence-electron chi connectivity index (χ2n) is 3.84. The van der Waals surface area contributed by atoms with E-state index < -0.39 is 10.8 Å². The summed E-state index contributed by atoms with van der Waals surface area (Å²) in [5.41, 5.74) is 0.466. The van der Waals surface area contributed by atoms with Gasteiger partial charge in [0.25, 0.3) is 5.91 Å². The van der Waals surface area contributed by atoms with Crippen LogP contribution in [-0.4, -0.2) is 22.9 Å². The fourth-order valence-corrected chi connectivity index (χ4v) is 1.61. The number of aromatic nitrogens is 1. The molecule has 0 aliphatic rings. The number of carbonyl (C=O) groups excluding carboxylic acids is 1. The van der Waals surface area contributed by atoms with Gasteiger partial charge in [-0.05, 0) is 24.3 Å². The first-order chi connectivity index (χ1) is 9.61. The number of amides is 1. The zero-order chi connectivity index (χ0) is 14.5. The smallest absolute Gasteiger partial charge is 0.312 e.